The molecule has 0 aliphatic carbocycles. The van der Waals surface area contributed by atoms with Crippen LogP contribution in [0.2, 0.25) is 0 Å². The maximum Gasteiger partial charge on any atom is 0.326 e. The van der Waals surface area contributed by atoms with Gasteiger partial charge in [-0.15, -0.1) is 0 Å². The number of nitrogens with zero attached hydrogens (tertiary/aromatic N) is 2. The molecule has 1 amide bonds. The van der Waals surface area contributed by atoms with Crippen molar-refractivity contribution in [1.82, 2.24) is 4.90 Å². The number of rotatable bonds is 12. The SMILES string of the molecule is C[N+](C)(C)CCOP(=O)([O-])CCCCCCC(=O)N1CCCC1C(=O)O. The number of likely N-dealkylation sites (tertiary alicyclic amines) is 1. The molecule has 1 aliphatic rings. The second-order valence-electron chi connectivity index (χ2n) is 7.93. The van der Waals surface area contributed by atoms with Crippen molar-refractivity contribution in [2.24, 2.45) is 0 Å². The first-order valence-corrected chi connectivity index (χ1v) is 11.0. The van der Waals surface area contributed by atoms with Crippen LogP contribution in [-0.4, -0.2) is 79.4 Å². The normalized spacial score (nSPS) is 20.2. The second-order valence-corrected chi connectivity index (χ2v) is 9.86. The van der Waals surface area contributed by atoms with E-state index >= 15 is 0 Å². The lowest BCUT2D eigenvalue weighted by atomic mass is 10.1. The molecule has 1 aliphatic heterocycles. The molecule has 26 heavy (non-hydrogen) atoms. The predicted molar refractivity (Wildman–Crippen MR) is 96.8 cm³/mol. The van der Waals surface area contributed by atoms with Gasteiger partial charge in [-0.2, -0.15) is 0 Å². The van der Waals surface area contributed by atoms with Gasteiger partial charge in [0.25, 0.3) is 0 Å². The maximum absolute atomic E-state index is 12.1. The Labute approximate surface area is 156 Å². The van der Waals surface area contributed by atoms with Gasteiger partial charge in [0, 0.05) is 19.1 Å². The van der Waals surface area contributed by atoms with Crippen LogP contribution in [-0.2, 0) is 18.7 Å². The van der Waals surface area contributed by atoms with Crippen molar-refractivity contribution in [2.75, 3.05) is 47.0 Å². The molecule has 1 rings (SSSR count). The van der Waals surface area contributed by atoms with E-state index in [4.69, 9.17) is 9.63 Å². The number of amides is 1. The molecule has 0 aromatic carbocycles. The molecule has 0 aromatic heterocycles. The summed E-state index contributed by atoms with van der Waals surface area (Å²) in [6.07, 6.45) is 4.21. The van der Waals surface area contributed by atoms with Crippen molar-refractivity contribution >= 4 is 19.5 Å². The van der Waals surface area contributed by atoms with Gasteiger partial charge in [-0.05, 0) is 25.7 Å². The van der Waals surface area contributed by atoms with Gasteiger partial charge in [0.15, 0.2) is 0 Å². The molecule has 1 fully saturated rings. The van der Waals surface area contributed by atoms with Crippen LogP contribution in [0, 0.1) is 0 Å². The minimum Gasteiger partial charge on any atom is -0.778 e. The van der Waals surface area contributed by atoms with Crippen LogP contribution in [0.4, 0.5) is 0 Å². The first-order valence-electron chi connectivity index (χ1n) is 9.29. The number of unbranched alkanes of at least 4 members (excludes halogenated alkanes) is 3. The zero-order valence-corrected chi connectivity index (χ0v) is 17.1. The summed E-state index contributed by atoms with van der Waals surface area (Å²) in [6.45, 7) is 1.33. The van der Waals surface area contributed by atoms with Crippen LogP contribution >= 0.6 is 7.60 Å². The molecule has 2 atom stereocenters. The smallest absolute Gasteiger partial charge is 0.326 e. The van der Waals surface area contributed by atoms with E-state index in [9.17, 15) is 19.0 Å². The zero-order valence-electron chi connectivity index (χ0n) is 16.2. The minimum absolute atomic E-state index is 0.0191. The van der Waals surface area contributed by atoms with Crippen LogP contribution in [0.1, 0.15) is 44.9 Å². The van der Waals surface area contributed by atoms with Crippen molar-refractivity contribution in [2.45, 2.75) is 51.0 Å². The fourth-order valence-corrected chi connectivity index (χ4v) is 4.02. The van der Waals surface area contributed by atoms with Gasteiger partial charge in [0.2, 0.25) is 5.91 Å². The molecule has 0 aromatic rings. The highest BCUT2D eigenvalue weighted by molar-refractivity contribution is 7.51. The zero-order chi connectivity index (χ0) is 19.8. The quantitative estimate of drug-likeness (QED) is 0.305. The Morgan fingerprint density at radius 2 is 1.88 bits per heavy atom. The third kappa shape index (κ3) is 9.12. The lowest BCUT2D eigenvalue weighted by Gasteiger charge is -2.27. The summed E-state index contributed by atoms with van der Waals surface area (Å²) < 4.78 is 17.5. The Hall–Kier alpha value is -0.950. The molecule has 0 bridgehead atoms. The molecule has 9 heteroatoms. The summed E-state index contributed by atoms with van der Waals surface area (Å²) in [7, 11) is 2.14. The average molecular weight is 392 g/mol. The molecule has 152 valence electrons. The molecule has 8 nitrogen and oxygen atoms in total. The van der Waals surface area contributed by atoms with Crippen molar-refractivity contribution in [3.63, 3.8) is 0 Å². The fourth-order valence-electron chi connectivity index (χ4n) is 2.92. The van der Waals surface area contributed by atoms with E-state index in [0.29, 0.717) is 49.7 Å². The summed E-state index contributed by atoms with van der Waals surface area (Å²) in [4.78, 5) is 36.5. The van der Waals surface area contributed by atoms with E-state index in [0.717, 1.165) is 12.8 Å². The monoisotopic (exact) mass is 392 g/mol. The molecule has 1 heterocycles. The van der Waals surface area contributed by atoms with Gasteiger partial charge in [0.1, 0.15) is 26.8 Å². The number of carboxylic acids is 1. The lowest BCUT2D eigenvalue weighted by Crippen LogP contribution is -2.40. The van der Waals surface area contributed by atoms with Crippen molar-refractivity contribution < 1.29 is 33.2 Å². The van der Waals surface area contributed by atoms with Gasteiger partial charge in [0.05, 0.1) is 21.1 Å². The number of carbonyl (C=O) groups excluding carboxylic acids is 1. The summed E-state index contributed by atoms with van der Waals surface area (Å²) in [5, 5.41) is 9.09. The van der Waals surface area contributed by atoms with Crippen LogP contribution in [0.25, 0.3) is 0 Å². The van der Waals surface area contributed by atoms with Gasteiger partial charge in [-0.3, -0.25) is 4.79 Å². The van der Waals surface area contributed by atoms with Gasteiger partial charge in [-0.25, -0.2) is 4.79 Å². The highest BCUT2D eigenvalue weighted by atomic mass is 31.2. The largest absolute Gasteiger partial charge is 0.778 e. The van der Waals surface area contributed by atoms with E-state index in [1.165, 1.54) is 4.90 Å². The highest BCUT2D eigenvalue weighted by Gasteiger charge is 2.33. The molecule has 1 saturated heterocycles. The predicted octanol–water partition coefficient (Wildman–Crippen LogP) is 1.29. The van der Waals surface area contributed by atoms with E-state index in [1.807, 2.05) is 21.1 Å². The van der Waals surface area contributed by atoms with Crippen LogP contribution in [0.5, 0.6) is 0 Å². The average Bonchev–Trinajstić information content (AvgIpc) is 2.98. The first-order chi connectivity index (χ1) is 12.0. The standard InChI is InChI=1S/C17H33N2O6P/c1-19(2,3)12-13-25-26(23,24)14-7-5-4-6-10-16(20)18-11-8-9-15(18)17(21)22/h15H,4-14H2,1-3H3,(H-,21,22,23,24). The molecule has 1 N–H and O–H groups in total. The van der Waals surface area contributed by atoms with Crippen LogP contribution < -0.4 is 4.89 Å². The van der Waals surface area contributed by atoms with Crippen molar-refractivity contribution in [1.29, 1.82) is 0 Å². The summed E-state index contributed by atoms with van der Waals surface area (Å²) in [5.74, 6) is -1.06. The first kappa shape index (κ1) is 23.1. The highest BCUT2D eigenvalue weighted by Crippen LogP contribution is 2.38. The lowest BCUT2D eigenvalue weighted by molar-refractivity contribution is -0.870. The Kier molecular flexibility index (Phi) is 9.24. The number of aliphatic carboxylic acids is 1. The molecule has 0 saturated carbocycles. The van der Waals surface area contributed by atoms with E-state index in [2.05, 4.69) is 0 Å². The summed E-state index contributed by atoms with van der Waals surface area (Å²) >= 11 is 0. The molecular formula is C17H33N2O6P. The summed E-state index contributed by atoms with van der Waals surface area (Å²) in [5.41, 5.74) is 0. The molecule has 0 radical (unpaired) electrons. The number of quaternary nitrogens is 1. The van der Waals surface area contributed by atoms with Crippen molar-refractivity contribution in [3.8, 4) is 0 Å². The van der Waals surface area contributed by atoms with Gasteiger partial charge >= 0.3 is 5.97 Å². The molecule has 0 spiro atoms. The van der Waals surface area contributed by atoms with Crippen LogP contribution in [0.15, 0.2) is 0 Å². The number of carboxylic acid groups (broad SMARTS) is 1. The van der Waals surface area contributed by atoms with E-state index in [-0.39, 0.29) is 18.7 Å². The number of hydrogen-bond acceptors (Lipinski definition) is 5. The number of hydrogen-bond donors (Lipinski definition) is 1. The van der Waals surface area contributed by atoms with Crippen LogP contribution in [0.3, 0.4) is 0 Å². The Balaban J connectivity index is 2.14. The Morgan fingerprint density at radius 3 is 2.50 bits per heavy atom. The maximum atomic E-state index is 12.1. The van der Waals surface area contributed by atoms with E-state index in [1.54, 1.807) is 0 Å². The van der Waals surface area contributed by atoms with Gasteiger partial charge < -0.3 is 28.5 Å². The van der Waals surface area contributed by atoms with Gasteiger partial charge in [-0.1, -0.05) is 12.8 Å². The number of likely N-dealkylation sites (N-methyl/N-ethyl adjacent to an activating group) is 1. The molecular weight excluding hydrogens is 359 g/mol. The second kappa shape index (κ2) is 10.4. The number of carbonyl (C=O) groups is 2. The molecule has 2 unspecified atom stereocenters. The summed E-state index contributed by atoms with van der Waals surface area (Å²) in [6, 6.07) is -0.683. The topological polar surface area (TPSA) is 107 Å². The fraction of sp³-hybridized carbons (Fsp3) is 0.882. The van der Waals surface area contributed by atoms with E-state index < -0.39 is 19.6 Å². The third-order valence-corrected chi connectivity index (χ3v) is 5.92. The Bertz CT molecular complexity index is 520. The third-order valence-electron chi connectivity index (χ3n) is 4.48. The van der Waals surface area contributed by atoms with Crippen molar-refractivity contribution in [3.05, 3.63) is 0 Å². The Morgan fingerprint density at radius 1 is 1.23 bits per heavy atom. The minimum atomic E-state index is -3.78.